The fourth-order valence-electron chi connectivity index (χ4n) is 1.81. The van der Waals surface area contributed by atoms with Gasteiger partial charge in [-0.2, -0.15) is 0 Å². The molecule has 0 aliphatic heterocycles. The number of nitrogens with zero attached hydrogens (tertiary/aromatic N) is 1. The Labute approximate surface area is 100 Å². The van der Waals surface area contributed by atoms with E-state index >= 15 is 0 Å². The molecule has 0 amide bonds. The summed E-state index contributed by atoms with van der Waals surface area (Å²) in [5.74, 6) is 0. The third-order valence-electron chi connectivity index (χ3n) is 2.83. The SMILES string of the molecule is COC1CC(Nc2cccnc2C(N)=S)C1. The van der Waals surface area contributed by atoms with E-state index in [0.29, 0.717) is 22.8 Å². The lowest BCUT2D eigenvalue weighted by atomic mass is 9.89. The standard InChI is InChI=1S/C11H15N3OS/c1-15-8-5-7(6-8)14-9-3-2-4-13-10(9)11(12)16/h2-4,7-8,14H,5-6H2,1H3,(H2,12,16). The molecule has 0 atom stereocenters. The normalized spacial score (nSPS) is 23.6. The van der Waals surface area contributed by atoms with Gasteiger partial charge in [-0.05, 0) is 25.0 Å². The van der Waals surface area contributed by atoms with Crippen molar-refractivity contribution in [1.82, 2.24) is 4.98 Å². The summed E-state index contributed by atoms with van der Waals surface area (Å²) in [5.41, 5.74) is 7.18. The van der Waals surface area contributed by atoms with Gasteiger partial charge in [0.15, 0.2) is 0 Å². The minimum atomic E-state index is 0.325. The first-order chi connectivity index (χ1) is 7.70. The van der Waals surface area contributed by atoms with Crippen molar-refractivity contribution in [3.8, 4) is 0 Å². The van der Waals surface area contributed by atoms with Crippen molar-refractivity contribution in [2.24, 2.45) is 5.73 Å². The zero-order chi connectivity index (χ0) is 11.5. The maximum Gasteiger partial charge on any atom is 0.124 e. The fraction of sp³-hybridized carbons (Fsp3) is 0.455. The van der Waals surface area contributed by atoms with Crippen molar-refractivity contribution in [2.45, 2.75) is 25.0 Å². The predicted molar refractivity (Wildman–Crippen MR) is 67.6 cm³/mol. The Morgan fingerprint density at radius 3 is 3.00 bits per heavy atom. The largest absolute Gasteiger partial charge is 0.388 e. The number of rotatable bonds is 4. The molecular weight excluding hydrogens is 222 g/mol. The summed E-state index contributed by atoms with van der Waals surface area (Å²) in [6.45, 7) is 0. The Morgan fingerprint density at radius 2 is 2.38 bits per heavy atom. The van der Waals surface area contributed by atoms with Crippen LogP contribution in [0.25, 0.3) is 0 Å². The van der Waals surface area contributed by atoms with Gasteiger partial charge in [0.05, 0.1) is 11.8 Å². The maximum absolute atomic E-state index is 5.61. The van der Waals surface area contributed by atoms with Crippen molar-refractivity contribution in [3.05, 3.63) is 24.0 Å². The highest BCUT2D eigenvalue weighted by molar-refractivity contribution is 7.80. The molecule has 4 nitrogen and oxygen atoms in total. The average Bonchev–Trinajstić information content (AvgIpc) is 2.23. The van der Waals surface area contributed by atoms with Crippen molar-refractivity contribution < 1.29 is 4.74 Å². The van der Waals surface area contributed by atoms with E-state index < -0.39 is 0 Å². The second-order valence-corrected chi connectivity index (χ2v) is 4.37. The molecule has 5 heteroatoms. The maximum atomic E-state index is 5.61. The summed E-state index contributed by atoms with van der Waals surface area (Å²) in [6, 6.07) is 4.25. The first-order valence-electron chi connectivity index (χ1n) is 5.25. The Hall–Kier alpha value is -1.20. The molecule has 1 aliphatic carbocycles. The number of methoxy groups -OCH3 is 1. The third kappa shape index (κ3) is 2.31. The summed E-state index contributed by atoms with van der Waals surface area (Å²) < 4.78 is 5.23. The molecule has 16 heavy (non-hydrogen) atoms. The Morgan fingerprint density at radius 1 is 1.62 bits per heavy atom. The number of pyridine rings is 1. The Balaban J connectivity index is 2.02. The van der Waals surface area contributed by atoms with Crippen LogP contribution in [0.2, 0.25) is 0 Å². The monoisotopic (exact) mass is 237 g/mol. The number of hydrogen-bond acceptors (Lipinski definition) is 4. The van der Waals surface area contributed by atoms with Crippen LogP contribution >= 0.6 is 12.2 Å². The van der Waals surface area contributed by atoms with Crippen LogP contribution in [-0.4, -0.2) is 29.2 Å². The molecule has 0 unspecified atom stereocenters. The summed E-state index contributed by atoms with van der Waals surface area (Å²) in [6.07, 6.45) is 4.10. The molecule has 86 valence electrons. The van der Waals surface area contributed by atoms with Gasteiger partial charge in [-0.3, -0.25) is 4.98 Å². The first-order valence-corrected chi connectivity index (χ1v) is 5.65. The number of hydrogen-bond donors (Lipinski definition) is 2. The molecule has 1 aromatic heterocycles. The van der Waals surface area contributed by atoms with Crippen molar-refractivity contribution >= 4 is 22.9 Å². The Kier molecular flexibility index (Phi) is 3.36. The molecule has 0 saturated heterocycles. The van der Waals surface area contributed by atoms with Gasteiger partial charge in [0, 0.05) is 19.3 Å². The second-order valence-electron chi connectivity index (χ2n) is 3.93. The third-order valence-corrected chi connectivity index (χ3v) is 3.02. The number of ether oxygens (including phenoxy) is 1. The quantitative estimate of drug-likeness (QED) is 0.773. The number of anilines is 1. The highest BCUT2D eigenvalue weighted by atomic mass is 32.1. The number of aromatic nitrogens is 1. The first kappa shape index (κ1) is 11.3. The lowest BCUT2D eigenvalue weighted by molar-refractivity contribution is 0.0328. The lowest BCUT2D eigenvalue weighted by Gasteiger charge is -2.35. The summed E-state index contributed by atoms with van der Waals surface area (Å²) in [4.78, 5) is 4.49. The van der Waals surface area contributed by atoms with E-state index in [-0.39, 0.29) is 0 Å². The topological polar surface area (TPSA) is 60.2 Å². The zero-order valence-electron chi connectivity index (χ0n) is 9.14. The average molecular weight is 237 g/mol. The molecule has 1 fully saturated rings. The lowest BCUT2D eigenvalue weighted by Crippen LogP contribution is -2.40. The van der Waals surface area contributed by atoms with Gasteiger partial charge < -0.3 is 15.8 Å². The molecule has 0 bridgehead atoms. The van der Waals surface area contributed by atoms with Crippen molar-refractivity contribution in [2.75, 3.05) is 12.4 Å². The van der Waals surface area contributed by atoms with Crippen molar-refractivity contribution in [3.63, 3.8) is 0 Å². The van der Waals surface area contributed by atoms with E-state index in [1.165, 1.54) is 0 Å². The number of nitrogens with one attached hydrogen (secondary N) is 1. The molecule has 1 saturated carbocycles. The minimum Gasteiger partial charge on any atom is -0.388 e. The van der Waals surface area contributed by atoms with Crippen LogP contribution in [0, 0.1) is 0 Å². The molecule has 0 spiro atoms. The van der Waals surface area contributed by atoms with Crippen LogP contribution in [0.5, 0.6) is 0 Å². The highest BCUT2D eigenvalue weighted by Gasteiger charge is 2.29. The molecule has 0 radical (unpaired) electrons. The molecular formula is C11H15N3OS. The smallest absolute Gasteiger partial charge is 0.124 e. The molecule has 1 heterocycles. The number of thiocarbonyl (C=S) groups is 1. The van der Waals surface area contributed by atoms with Gasteiger partial charge in [-0.15, -0.1) is 0 Å². The van der Waals surface area contributed by atoms with Crippen LogP contribution in [0.3, 0.4) is 0 Å². The van der Waals surface area contributed by atoms with Crippen LogP contribution in [0.4, 0.5) is 5.69 Å². The van der Waals surface area contributed by atoms with E-state index in [2.05, 4.69) is 10.3 Å². The van der Waals surface area contributed by atoms with Crippen molar-refractivity contribution in [1.29, 1.82) is 0 Å². The molecule has 1 aliphatic rings. The molecule has 1 aromatic rings. The number of nitrogens with two attached hydrogens (primary N) is 1. The van der Waals surface area contributed by atoms with Gasteiger partial charge in [-0.1, -0.05) is 12.2 Å². The van der Waals surface area contributed by atoms with Crippen LogP contribution < -0.4 is 11.1 Å². The fourth-order valence-corrected chi connectivity index (χ4v) is 1.98. The molecule has 2 rings (SSSR count). The predicted octanol–water partition coefficient (Wildman–Crippen LogP) is 1.31. The summed E-state index contributed by atoms with van der Waals surface area (Å²) in [7, 11) is 1.74. The van der Waals surface area contributed by atoms with Crippen LogP contribution in [-0.2, 0) is 4.74 Å². The zero-order valence-corrected chi connectivity index (χ0v) is 9.96. The van der Waals surface area contributed by atoms with Crippen LogP contribution in [0.15, 0.2) is 18.3 Å². The second kappa shape index (κ2) is 4.76. The molecule has 3 N–H and O–H groups in total. The molecule has 0 aromatic carbocycles. The van der Waals surface area contributed by atoms with Gasteiger partial charge in [0.2, 0.25) is 0 Å². The Bertz CT molecular complexity index is 391. The van der Waals surface area contributed by atoms with E-state index in [1.54, 1.807) is 13.3 Å². The van der Waals surface area contributed by atoms with Gasteiger partial charge in [0.25, 0.3) is 0 Å². The van der Waals surface area contributed by atoms with Gasteiger partial charge >= 0.3 is 0 Å². The van der Waals surface area contributed by atoms with E-state index in [9.17, 15) is 0 Å². The van der Waals surface area contributed by atoms with Crippen LogP contribution in [0.1, 0.15) is 18.5 Å². The van der Waals surface area contributed by atoms with E-state index in [0.717, 1.165) is 18.5 Å². The summed E-state index contributed by atoms with van der Waals surface area (Å²) in [5, 5.41) is 3.38. The highest BCUT2D eigenvalue weighted by Crippen LogP contribution is 2.27. The van der Waals surface area contributed by atoms with Gasteiger partial charge in [0.1, 0.15) is 10.7 Å². The van der Waals surface area contributed by atoms with E-state index in [1.807, 2.05) is 12.1 Å². The summed E-state index contributed by atoms with van der Waals surface area (Å²) >= 11 is 4.95. The van der Waals surface area contributed by atoms with Gasteiger partial charge in [-0.25, -0.2) is 0 Å². The minimum absolute atomic E-state index is 0.325. The van der Waals surface area contributed by atoms with E-state index in [4.69, 9.17) is 22.7 Å².